The molecule has 1 aromatic carbocycles. The Morgan fingerprint density at radius 2 is 1.94 bits per heavy atom. The molecule has 2 unspecified atom stereocenters. The molecule has 0 aliphatic heterocycles. The first-order valence-electron chi connectivity index (χ1n) is 6.17. The van der Waals surface area contributed by atoms with Crippen molar-refractivity contribution in [1.82, 2.24) is 5.32 Å². The lowest BCUT2D eigenvalue weighted by Crippen LogP contribution is -2.22. The maximum atomic E-state index is 11.9. The Kier molecular flexibility index (Phi) is 5.16. The van der Waals surface area contributed by atoms with Gasteiger partial charge in [0, 0.05) is 17.6 Å². The van der Waals surface area contributed by atoms with Crippen molar-refractivity contribution in [3.8, 4) is 0 Å². The molecule has 94 valence electrons. The van der Waals surface area contributed by atoms with Crippen LogP contribution in [-0.4, -0.2) is 13.0 Å². The topological polar surface area (TPSA) is 41.1 Å². The van der Waals surface area contributed by atoms with Gasteiger partial charge in [-0.25, -0.2) is 0 Å². The molecule has 0 radical (unpaired) electrons. The largest absolute Gasteiger partial charge is 0.326 e. The molecule has 3 nitrogen and oxygen atoms in total. The van der Waals surface area contributed by atoms with Crippen LogP contribution in [0.5, 0.6) is 0 Å². The molecule has 0 saturated heterocycles. The van der Waals surface area contributed by atoms with Crippen molar-refractivity contribution in [3.05, 3.63) is 29.8 Å². The van der Waals surface area contributed by atoms with Crippen LogP contribution in [0.2, 0.25) is 0 Å². The van der Waals surface area contributed by atoms with Crippen LogP contribution >= 0.6 is 0 Å². The fourth-order valence-corrected chi connectivity index (χ4v) is 1.59. The predicted octanol–water partition coefficient (Wildman–Crippen LogP) is 2.95. The number of carbonyl (C=O) groups is 1. The van der Waals surface area contributed by atoms with Gasteiger partial charge in [0.05, 0.1) is 0 Å². The summed E-state index contributed by atoms with van der Waals surface area (Å²) in [5, 5.41) is 6.18. The highest BCUT2D eigenvalue weighted by Crippen LogP contribution is 2.22. The molecule has 1 rings (SSSR count). The molecule has 3 heteroatoms. The van der Waals surface area contributed by atoms with E-state index in [4.69, 9.17) is 0 Å². The van der Waals surface area contributed by atoms with Crippen molar-refractivity contribution in [2.75, 3.05) is 12.4 Å². The van der Waals surface area contributed by atoms with Crippen LogP contribution in [0.4, 0.5) is 5.69 Å². The molecule has 2 N–H and O–H groups in total. The number of benzene rings is 1. The minimum absolute atomic E-state index is 0.0490. The molecule has 0 aromatic heterocycles. The van der Waals surface area contributed by atoms with Crippen molar-refractivity contribution in [3.63, 3.8) is 0 Å². The van der Waals surface area contributed by atoms with Crippen molar-refractivity contribution in [2.45, 2.75) is 33.2 Å². The molecule has 0 heterocycles. The van der Waals surface area contributed by atoms with E-state index in [1.165, 1.54) is 0 Å². The lowest BCUT2D eigenvalue weighted by molar-refractivity contribution is -0.119. The van der Waals surface area contributed by atoms with Gasteiger partial charge in [-0.05, 0) is 32.0 Å². The molecule has 0 fully saturated rings. The van der Waals surface area contributed by atoms with Gasteiger partial charge in [0.2, 0.25) is 5.91 Å². The van der Waals surface area contributed by atoms with E-state index in [9.17, 15) is 4.79 Å². The maximum Gasteiger partial charge on any atom is 0.227 e. The first-order valence-corrected chi connectivity index (χ1v) is 6.17. The maximum absolute atomic E-state index is 11.9. The summed E-state index contributed by atoms with van der Waals surface area (Å²) in [5.74, 6) is 0.135. The molecule has 1 aromatic rings. The van der Waals surface area contributed by atoms with E-state index >= 15 is 0 Å². The Hall–Kier alpha value is -1.35. The van der Waals surface area contributed by atoms with Gasteiger partial charge in [-0.1, -0.05) is 32.0 Å². The summed E-state index contributed by atoms with van der Waals surface area (Å²) in [5.41, 5.74) is 2.02. The third-order valence-corrected chi connectivity index (χ3v) is 3.18. The predicted molar refractivity (Wildman–Crippen MR) is 72.0 cm³/mol. The Morgan fingerprint density at radius 1 is 1.29 bits per heavy atom. The first-order chi connectivity index (χ1) is 8.10. The third-order valence-electron chi connectivity index (χ3n) is 3.18. The highest BCUT2D eigenvalue weighted by atomic mass is 16.1. The van der Waals surface area contributed by atoms with E-state index in [1.54, 1.807) is 0 Å². The zero-order valence-electron chi connectivity index (χ0n) is 11.1. The highest BCUT2D eigenvalue weighted by Gasteiger charge is 2.14. The van der Waals surface area contributed by atoms with Gasteiger partial charge in [0.1, 0.15) is 0 Å². The normalized spacial score (nSPS) is 14.1. The summed E-state index contributed by atoms with van der Waals surface area (Å²) < 4.78 is 0. The second-order valence-electron chi connectivity index (χ2n) is 4.40. The molecular weight excluding hydrogens is 212 g/mol. The van der Waals surface area contributed by atoms with Crippen LogP contribution in [0.3, 0.4) is 0 Å². The Labute approximate surface area is 104 Å². The average molecular weight is 234 g/mol. The molecule has 0 aliphatic rings. The molecule has 1 amide bonds. The van der Waals surface area contributed by atoms with Crippen molar-refractivity contribution in [2.24, 2.45) is 5.92 Å². The fraction of sp³-hybridized carbons (Fsp3) is 0.500. The standard InChI is InChI=1S/C14H22N2O/c1-5-10(2)14(17)16-13-9-7-6-8-12(13)11(3)15-4/h6-11,15H,5H2,1-4H3,(H,16,17). The first kappa shape index (κ1) is 13.7. The van der Waals surface area contributed by atoms with Crippen LogP contribution in [0.25, 0.3) is 0 Å². The van der Waals surface area contributed by atoms with Crippen LogP contribution in [-0.2, 0) is 4.79 Å². The number of nitrogens with one attached hydrogen (secondary N) is 2. The number of anilines is 1. The lowest BCUT2D eigenvalue weighted by atomic mass is 10.0. The monoisotopic (exact) mass is 234 g/mol. The number of rotatable bonds is 5. The minimum atomic E-state index is 0.0490. The van der Waals surface area contributed by atoms with Gasteiger partial charge >= 0.3 is 0 Å². The van der Waals surface area contributed by atoms with E-state index in [1.807, 2.05) is 45.2 Å². The molecule has 0 aliphatic carbocycles. The summed E-state index contributed by atoms with van der Waals surface area (Å²) in [4.78, 5) is 11.9. The van der Waals surface area contributed by atoms with Crippen LogP contribution in [0.1, 0.15) is 38.8 Å². The van der Waals surface area contributed by atoms with Crippen molar-refractivity contribution in [1.29, 1.82) is 0 Å². The second-order valence-corrected chi connectivity index (χ2v) is 4.40. The fourth-order valence-electron chi connectivity index (χ4n) is 1.59. The molecule has 0 spiro atoms. The quantitative estimate of drug-likeness (QED) is 0.822. The highest BCUT2D eigenvalue weighted by molar-refractivity contribution is 5.93. The number of carbonyl (C=O) groups excluding carboxylic acids is 1. The lowest BCUT2D eigenvalue weighted by Gasteiger charge is -2.17. The Bertz CT molecular complexity index is 376. The zero-order valence-corrected chi connectivity index (χ0v) is 11.1. The summed E-state index contributed by atoms with van der Waals surface area (Å²) in [6.45, 7) is 6.04. The summed E-state index contributed by atoms with van der Waals surface area (Å²) in [6.07, 6.45) is 0.857. The summed E-state index contributed by atoms with van der Waals surface area (Å²) in [6, 6.07) is 8.14. The van der Waals surface area contributed by atoms with Crippen molar-refractivity contribution >= 4 is 11.6 Å². The third kappa shape index (κ3) is 3.56. The number of hydrogen-bond acceptors (Lipinski definition) is 2. The van der Waals surface area contributed by atoms with E-state index in [-0.39, 0.29) is 17.9 Å². The minimum Gasteiger partial charge on any atom is -0.326 e. The van der Waals surface area contributed by atoms with Gasteiger partial charge in [0.25, 0.3) is 0 Å². The van der Waals surface area contributed by atoms with Crippen LogP contribution in [0.15, 0.2) is 24.3 Å². The van der Waals surface area contributed by atoms with Crippen LogP contribution in [0, 0.1) is 5.92 Å². The second kappa shape index (κ2) is 6.40. The van der Waals surface area contributed by atoms with Crippen molar-refractivity contribution < 1.29 is 4.79 Å². The van der Waals surface area contributed by atoms with Gasteiger partial charge in [0.15, 0.2) is 0 Å². The number of para-hydroxylation sites is 1. The molecule has 0 bridgehead atoms. The SMILES string of the molecule is CCC(C)C(=O)Nc1ccccc1C(C)NC. The zero-order chi connectivity index (χ0) is 12.8. The average Bonchev–Trinajstić information content (AvgIpc) is 2.37. The van der Waals surface area contributed by atoms with E-state index in [0.29, 0.717) is 0 Å². The van der Waals surface area contributed by atoms with Gasteiger partial charge < -0.3 is 10.6 Å². The molecular formula is C14H22N2O. The van der Waals surface area contributed by atoms with Gasteiger partial charge in [-0.15, -0.1) is 0 Å². The molecule has 0 saturated carbocycles. The van der Waals surface area contributed by atoms with Crippen LogP contribution < -0.4 is 10.6 Å². The van der Waals surface area contributed by atoms with E-state index in [0.717, 1.165) is 17.7 Å². The molecule has 2 atom stereocenters. The summed E-state index contributed by atoms with van der Waals surface area (Å²) >= 11 is 0. The van der Waals surface area contributed by atoms with Gasteiger partial charge in [-0.2, -0.15) is 0 Å². The summed E-state index contributed by atoms with van der Waals surface area (Å²) in [7, 11) is 1.91. The number of amides is 1. The Balaban J connectivity index is 2.87. The van der Waals surface area contributed by atoms with E-state index < -0.39 is 0 Å². The smallest absolute Gasteiger partial charge is 0.227 e. The number of hydrogen-bond donors (Lipinski definition) is 2. The Morgan fingerprint density at radius 3 is 2.53 bits per heavy atom. The van der Waals surface area contributed by atoms with E-state index in [2.05, 4.69) is 17.6 Å². The van der Waals surface area contributed by atoms with Gasteiger partial charge in [-0.3, -0.25) is 4.79 Å². The molecule has 17 heavy (non-hydrogen) atoms.